The Labute approximate surface area is 221 Å². The zero-order chi connectivity index (χ0) is 21.5. The van der Waals surface area contributed by atoms with E-state index < -0.39 is 5.69 Å². The molecule has 6 heteroatoms. The quantitative estimate of drug-likeness (QED) is 0.0924. The van der Waals surface area contributed by atoms with Crippen molar-refractivity contribution in [2.24, 2.45) is 0 Å². The molecule has 176 valence electrons. The Balaban J connectivity index is 0. The molecule has 0 spiro atoms. The fraction of sp³-hybridized carbons (Fsp3) is 1.00. The molecule has 0 saturated carbocycles. The van der Waals surface area contributed by atoms with Gasteiger partial charge in [-0.25, -0.2) is 0 Å². The minimum Gasteiger partial charge on any atom is -0.793 e. The molecule has 0 bridgehead atoms. The van der Waals surface area contributed by atoms with Crippen molar-refractivity contribution in [2.75, 3.05) is 12.4 Å². The van der Waals surface area contributed by atoms with Gasteiger partial charge in [-0.05, 0) is 18.6 Å². The molecule has 0 aliphatic rings. The van der Waals surface area contributed by atoms with Gasteiger partial charge >= 0.3 is 29.6 Å². The van der Waals surface area contributed by atoms with E-state index in [4.69, 9.17) is 16.3 Å². The molecule has 1 unspecified atom stereocenters. The predicted molar refractivity (Wildman–Crippen MR) is 136 cm³/mol. The first-order chi connectivity index (χ1) is 14.1. The topological polar surface area (TPSA) is 32.3 Å². The fourth-order valence-corrected chi connectivity index (χ4v) is 6.95. The Hall–Kier alpha value is 1.92. The normalized spacial score (nSPS) is 13.2. The maximum absolute atomic E-state index is 12.3. The van der Waals surface area contributed by atoms with Gasteiger partial charge in [-0.15, -0.1) is 11.4 Å². The maximum Gasteiger partial charge on any atom is 1.00 e. The van der Waals surface area contributed by atoms with Crippen molar-refractivity contribution in [3.63, 3.8) is 0 Å². The SMILES string of the molecule is CCCCCCCCCCCCOP([O-])(=S)SCCCCCCCCCCCC.[Na+]. The fourth-order valence-electron chi connectivity index (χ4n) is 3.57. The molecule has 0 amide bonds. The van der Waals surface area contributed by atoms with E-state index in [9.17, 15) is 4.89 Å². The van der Waals surface area contributed by atoms with Crippen molar-refractivity contribution in [3.8, 4) is 0 Å². The van der Waals surface area contributed by atoms with Crippen LogP contribution in [0, 0.1) is 0 Å². The van der Waals surface area contributed by atoms with E-state index in [1.807, 2.05) is 0 Å². The monoisotopic (exact) mass is 488 g/mol. The summed E-state index contributed by atoms with van der Waals surface area (Å²) >= 11 is 6.57. The Morgan fingerprint density at radius 2 is 0.933 bits per heavy atom. The van der Waals surface area contributed by atoms with Gasteiger partial charge in [-0.1, -0.05) is 141 Å². The standard InChI is InChI=1S/C24H51O2PS2.Na/c1-3-5-7-9-11-13-15-17-19-21-23-26-27(25,28)29-24-22-20-18-16-14-12-10-8-6-4-2;/h3-24H2,1-2H3,(H,25,28);/q;+1/p-1. The third-order valence-corrected chi connectivity index (χ3v) is 9.86. The van der Waals surface area contributed by atoms with Gasteiger partial charge in [0.15, 0.2) is 0 Å². The van der Waals surface area contributed by atoms with Crippen LogP contribution in [0.2, 0.25) is 0 Å². The molecule has 0 rings (SSSR count). The van der Waals surface area contributed by atoms with Gasteiger partial charge < -0.3 is 9.42 Å². The predicted octanol–water partition coefficient (Wildman–Crippen LogP) is 6.17. The van der Waals surface area contributed by atoms with Crippen molar-refractivity contribution in [1.82, 2.24) is 0 Å². The molecule has 0 aliphatic heterocycles. The van der Waals surface area contributed by atoms with Crippen LogP contribution in [-0.2, 0) is 16.3 Å². The van der Waals surface area contributed by atoms with E-state index in [1.54, 1.807) is 0 Å². The second kappa shape index (κ2) is 27.2. The van der Waals surface area contributed by atoms with Crippen LogP contribution in [0.25, 0.3) is 0 Å². The second-order valence-corrected chi connectivity index (χ2v) is 14.6. The van der Waals surface area contributed by atoms with Crippen LogP contribution >= 0.6 is 17.1 Å². The Morgan fingerprint density at radius 1 is 0.600 bits per heavy atom. The van der Waals surface area contributed by atoms with Crippen LogP contribution in [-0.4, -0.2) is 12.4 Å². The molecule has 0 aromatic rings. The second-order valence-electron chi connectivity index (χ2n) is 8.48. The summed E-state index contributed by atoms with van der Waals surface area (Å²) in [5, 5.41) is 0. The smallest absolute Gasteiger partial charge is 0.793 e. The number of unbranched alkanes of at least 4 members (excludes halogenated alkanes) is 18. The van der Waals surface area contributed by atoms with Crippen molar-refractivity contribution in [3.05, 3.63) is 0 Å². The van der Waals surface area contributed by atoms with Gasteiger partial charge in [0, 0.05) is 5.69 Å². The number of hydrogen-bond donors (Lipinski definition) is 0. The largest absolute Gasteiger partial charge is 1.00 e. The minimum absolute atomic E-state index is 0. The van der Waals surface area contributed by atoms with Crippen molar-refractivity contribution in [2.45, 2.75) is 142 Å². The molecule has 0 saturated heterocycles. The van der Waals surface area contributed by atoms with Crippen LogP contribution in [0.3, 0.4) is 0 Å². The molecular weight excluding hydrogens is 438 g/mol. The average molecular weight is 489 g/mol. The Kier molecular flexibility index (Phi) is 30.9. The third-order valence-electron chi connectivity index (χ3n) is 5.49. The zero-order valence-corrected chi connectivity index (χ0v) is 25.2. The summed E-state index contributed by atoms with van der Waals surface area (Å²) in [6.07, 6.45) is 26.3. The molecule has 0 fully saturated rings. The third kappa shape index (κ3) is 28.0. The minimum atomic E-state index is -2.85. The Bertz CT molecular complexity index is 343. The average Bonchev–Trinajstić information content (AvgIpc) is 2.70. The first-order valence-corrected chi connectivity index (χ1v) is 17.0. The molecular formula is C24H50NaO2PS2. The zero-order valence-electron chi connectivity index (χ0n) is 20.6. The molecule has 0 radical (unpaired) electrons. The summed E-state index contributed by atoms with van der Waals surface area (Å²) in [6.45, 7) is 5.10. The first-order valence-electron chi connectivity index (χ1n) is 12.7. The molecule has 0 heterocycles. The number of rotatable bonds is 24. The first kappa shape index (κ1) is 34.1. The molecule has 2 nitrogen and oxygen atoms in total. The summed E-state index contributed by atoms with van der Waals surface area (Å²) in [6, 6.07) is 0. The van der Waals surface area contributed by atoms with Crippen LogP contribution in [0.5, 0.6) is 0 Å². The van der Waals surface area contributed by atoms with Crippen LogP contribution in [0.1, 0.15) is 142 Å². The summed E-state index contributed by atoms with van der Waals surface area (Å²) in [5.41, 5.74) is -2.85. The molecule has 0 aromatic heterocycles. The van der Waals surface area contributed by atoms with Crippen LogP contribution < -0.4 is 34.5 Å². The van der Waals surface area contributed by atoms with E-state index in [1.165, 1.54) is 127 Å². The molecule has 0 N–H and O–H groups in total. The molecule has 30 heavy (non-hydrogen) atoms. The number of hydrogen-bond acceptors (Lipinski definition) is 4. The van der Waals surface area contributed by atoms with Gasteiger partial charge in [0.05, 0.1) is 6.61 Å². The summed E-state index contributed by atoms with van der Waals surface area (Å²) < 4.78 is 5.53. The van der Waals surface area contributed by atoms with Crippen molar-refractivity contribution in [1.29, 1.82) is 0 Å². The Morgan fingerprint density at radius 3 is 1.33 bits per heavy atom. The van der Waals surface area contributed by atoms with Gasteiger partial charge in [0.1, 0.15) is 0 Å². The maximum atomic E-state index is 12.3. The summed E-state index contributed by atoms with van der Waals surface area (Å²) in [5.74, 6) is 0.884. The van der Waals surface area contributed by atoms with Gasteiger partial charge in [0.2, 0.25) is 0 Å². The molecule has 1 atom stereocenters. The summed E-state index contributed by atoms with van der Waals surface area (Å²) in [7, 11) is 0. The van der Waals surface area contributed by atoms with E-state index in [0.717, 1.165) is 18.6 Å². The molecule has 0 aromatic carbocycles. The van der Waals surface area contributed by atoms with Crippen LogP contribution in [0.15, 0.2) is 0 Å². The van der Waals surface area contributed by atoms with E-state index >= 15 is 0 Å². The summed E-state index contributed by atoms with van der Waals surface area (Å²) in [4.78, 5) is 12.3. The van der Waals surface area contributed by atoms with Gasteiger partial charge in [-0.2, -0.15) is 0 Å². The van der Waals surface area contributed by atoms with Crippen molar-refractivity contribution >= 4 is 28.9 Å². The van der Waals surface area contributed by atoms with Crippen molar-refractivity contribution < 1.29 is 39.0 Å². The van der Waals surface area contributed by atoms with Crippen LogP contribution in [0.4, 0.5) is 0 Å². The van der Waals surface area contributed by atoms with E-state index in [2.05, 4.69) is 13.8 Å². The van der Waals surface area contributed by atoms with E-state index in [-0.39, 0.29) is 29.6 Å². The van der Waals surface area contributed by atoms with Gasteiger partial charge in [-0.3, -0.25) is 0 Å². The van der Waals surface area contributed by atoms with E-state index in [0.29, 0.717) is 6.61 Å². The molecule has 0 aliphatic carbocycles. The van der Waals surface area contributed by atoms with Gasteiger partial charge in [0.25, 0.3) is 0 Å².